The van der Waals surface area contributed by atoms with Gasteiger partial charge in [-0.1, -0.05) is 29.8 Å². The number of sulfonamides is 1. The van der Waals surface area contributed by atoms with E-state index < -0.39 is 16.1 Å². The molecule has 1 unspecified atom stereocenters. The van der Waals surface area contributed by atoms with Crippen molar-refractivity contribution in [1.82, 2.24) is 9.29 Å². The van der Waals surface area contributed by atoms with Gasteiger partial charge in [0.05, 0.1) is 11.4 Å². The van der Waals surface area contributed by atoms with Crippen molar-refractivity contribution in [2.45, 2.75) is 44.6 Å². The minimum absolute atomic E-state index is 0.00850. The van der Waals surface area contributed by atoms with Gasteiger partial charge in [-0.3, -0.25) is 10.1 Å². The Morgan fingerprint density at radius 2 is 2.29 bits per heavy atom. The number of amides is 1. The van der Waals surface area contributed by atoms with E-state index in [-0.39, 0.29) is 11.7 Å². The molecule has 1 aromatic heterocycles. The SMILES string of the molecule is Cc1cccc(CS(=O)(=O)N2CCc3nc(NC(=O)C4CCCO4)sc3C2)c1. The van der Waals surface area contributed by atoms with Crippen LogP contribution >= 0.6 is 11.3 Å². The molecule has 2 aromatic rings. The van der Waals surface area contributed by atoms with Gasteiger partial charge in [0.25, 0.3) is 5.91 Å². The molecule has 2 aliphatic rings. The summed E-state index contributed by atoms with van der Waals surface area (Å²) < 4.78 is 32.6. The predicted octanol–water partition coefficient (Wildman–Crippen LogP) is 2.46. The zero-order valence-corrected chi connectivity index (χ0v) is 17.3. The summed E-state index contributed by atoms with van der Waals surface area (Å²) in [5, 5.41) is 3.33. The van der Waals surface area contributed by atoms with E-state index in [2.05, 4.69) is 10.3 Å². The minimum Gasteiger partial charge on any atom is -0.368 e. The fourth-order valence-electron chi connectivity index (χ4n) is 3.54. The first-order valence-electron chi connectivity index (χ1n) is 9.35. The van der Waals surface area contributed by atoms with Crippen LogP contribution in [0.25, 0.3) is 0 Å². The smallest absolute Gasteiger partial charge is 0.255 e. The van der Waals surface area contributed by atoms with E-state index in [0.717, 1.165) is 34.5 Å². The van der Waals surface area contributed by atoms with Crippen molar-refractivity contribution < 1.29 is 17.9 Å². The molecule has 0 aliphatic carbocycles. The van der Waals surface area contributed by atoms with Crippen LogP contribution in [0.2, 0.25) is 0 Å². The van der Waals surface area contributed by atoms with Crippen LogP contribution in [-0.4, -0.2) is 42.9 Å². The number of thiazole rings is 1. The second-order valence-corrected chi connectivity index (χ2v) is 10.3. The molecule has 4 rings (SSSR count). The maximum atomic E-state index is 12.9. The van der Waals surface area contributed by atoms with Gasteiger partial charge >= 0.3 is 0 Å². The van der Waals surface area contributed by atoms with Crippen molar-refractivity contribution in [3.05, 3.63) is 46.0 Å². The number of nitrogens with one attached hydrogen (secondary N) is 1. The second-order valence-electron chi connectivity index (χ2n) is 7.21. The van der Waals surface area contributed by atoms with Gasteiger partial charge in [0.15, 0.2) is 5.13 Å². The average Bonchev–Trinajstić information content (AvgIpc) is 3.30. The van der Waals surface area contributed by atoms with Gasteiger partial charge in [-0.05, 0) is 25.3 Å². The summed E-state index contributed by atoms with van der Waals surface area (Å²) in [6.45, 7) is 3.27. The van der Waals surface area contributed by atoms with Crippen molar-refractivity contribution in [2.75, 3.05) is 18.5 Å². The minimum atomic E-state index is -3.42. The Morgan fingerprint density at radius 3 is 3.04 bits per heavy atom. The number of anilines is 1. The molecule has 0 spiro atoms. The molecule has 150 valence electrons. The predicted molar refractivity (Wildman–Crippen MR) is 108 cm³/mol. The Hall–Kier alpha value is -1.81. The Morgan fingerprint density at radius 1 is 1.43 bits per heavy atom. The third-order valence-electron chi connectivity index (χ3n) is 4.97. The number of hydrogen-bond acceptors (Lipinski definition) is 6. The summed E-state index contributed by atoms with van der Waals surface area (Å²) in [7, 11) is -3.42. The number of carbonyl (C=O) groups is 1. The van der Waals surface area contributed by atoms with Crippen LogP contribution in [0.5, 0.6) is 0 Å². The van der Waals surface area contributed by atoms with Crippen LogP contribution < -0.4 is 5.32 Å². The zero-order valence-electron chi connectivity index (χ0n) is 15.7. The van der Waals surface area contributed by atoms with Crippen LogP contribution in [0.3, 0.4) is 0 Å². The lowest BCUT2D eigenvalue weighted by molar-refractivity contribution is -0.124. The van der Waals surface area contributed by atoms with Crippen LogP contribution in [0.15, 0.2) is 24.3 Å². The summed E-state index contributed by atoms with van der Waals surface area (Å²) in [4.78, 5) is 17.6. The highest BCUT2D eigenvalue weighted by Gasteiger charge is 2.30. The van der Waals surface area contributed by atoms with Gasteiger partial charge in [-0.25, -0.2) is 13.4 Å². The molecule has 1 aromatic carbocycles. The van der Waals surface area contributed by atoms with Gasteiger partial charge < -0.3 is 4.74 Å². The van der Waals surface area contributed by atoms with Crippen molar-refractivity contribution in [1.29, 1.82) is 0 Å². The third kappa shape index (κ3) is 4.27. The molecule has 3 heterocycles. The summed E-state index contributed by atoms with van der Waals surface area (Å²) >= 11 is 1.35. The molecule has 2 aliphatic heterocycles. The fourth-order valence-corrected chi connectivity index (χ4v) is 6.12. The molecule has 1 fully saturated rings. The number of aryl methyl sites for hydroxylation is 1. The molecule has 28 heavy (non-hydrogen) atoms. The van der Waals surface area contributed by atoms with E-state index in [1.807, 2.05) is 31.2 Å². The molecule has 1 N–H and O–H groups in total. The van der Waals surface area contributed by atoms with Gasteiger partial charge in [0.2, 0.25) is 10.0 Å². The Labute approximate surface area is 168 Å². The van der Waals surface area contributed by atoms with Gasteiger partial charge in [-0.15, -0.1) is 11.3 Å². The summed E-state index contributed by atoms with van der Waals surface area (Å²) in [6, 6.07) is 7.57. The Kier molecular flexibility index (Phi) is 5.50. The van der Waals surface area contributed by atoms with Gasteiger partial charge in [-0.2, -0.15) is 4.31 Å². The zero-order chi connectivity index (χ0) is 19.7. The number of carbonyl (C=O) groups excluding carboxylic acids is 1. The van der Waals surface area contributed by atoms with E-state index in [1.165, 1.54) is 15.6 Å². The molecule has 0 bridgehead atoms. The number of benzene rings is 1. The lowest BCUT2D eigenvalue weighted by atomic mass is 10.2. The normalized spacial score (nSPS) is 20.1. The standard InChI is InChI=1S/C19H23N3O4S2/c1-13-4-2-5-14(10-13)12-28(24,25)22-8-7-15-17(11-22)27-19(20-15)21-18(23)16-6-3-9-26-16/h2,4-5,10,16H,3,6-9,11-12H2,1H3,(H,20,21,23). The summed E-state index contributed by atoms with van der Waals surface area (Å²) in [6.07, 6.45) is 1.75. The quantitative estimate of drug-likeness (QED) is 0.801. The first-order chi connectivity index (χ1) is 13.4. The van der Waals surface area contributed by atoms with Crippen molar-refractivity contribution in [2.24, 2.45) is 0 Å². The lowest BCUT2D eigenvalue weighted by Crippen LogP contribution is -2.36. The highest BCUT2D eigenvalue weighted by atomic mass is 32.2. The third-order valence-corrected chi connectivity index (χ3v) is 7.77. The molecule has 1 amide bonds. The van der Waals surface area contributed by atoms with Crippen molar-refractivity contribution in [3.63, 3.8) is 0 Å². The summed E-state index contributed by atoms with van der Waals surface area (Å²) in [5.41, 5.74) is 2.71. The first-order valence-corrected chi connectivity index (χ1v) is 11.8. The average molecular weight is 422 g/mol. The highest BCUT2D eigenvalue weighted by Crippen LogP contribution is 2.30. The Bertz CT molecular complexity index is 981. The van der Waals surface area contributed by atoms with Crippen LogP contribution in [0.4, 0.5) is 5.13 Å². The molecule has 1 atom stereocenters. The molecule has 7 nitrogen and oxygen atoms in total. The number of hydrogen-bond donors (Lipinski definition) is 1. The molecule has 0 saturated carbocycles. The number of rotatable bonds is 5. The number of nitrogens with zero attached hydrogens (tertiary/aromatic N) is 2. The molecular formula is C19H23N3O4S2. The van der Waals surface area contributed by atoms with Crippen LogP contribution in [0.1, 0.15) is 34.5 Å². The first kappa shape index (κ1) is 19.5. The van der Waals surface area contributed by atoms with Gasteiger partial charge in [0, 0.05) is 31.0 Å². The Balaban J connectivity index is 1.44. The van der Waals surface area contributed by atoms with Crippen LogP contribution in [-0.2, 0) is 38.3 Å². The molecule has 9 heteroatoms. The molecular weight excluding hydrogens is 398 g/mol. The fraction of sp³-hybridized carbons (Fsp3) is 0.474. The monoisotopic (exact) mass is 421 g/mol. The van der Waals surface area contributed by atoms with E-state index in [1.54, 1.807) is 0 Å². The molecule has 0 radical (unpaired) electrons. The number of ether oxygens (including phenoxy) is 1. The maximum Gasteiger partial charge on any atom is 0.255 e. The van der Waals surface area contributed by atoms with Crippen LogP contribution in [0, 0.1) is 6.92 Å². The molecule has 1 saturated heterocycles. The maximum absolute atomic E-state index is 12.9. The van der Waals surface area contributed by atoms with E-state index in [4.69, 9.17) is 4.74 Å². The van der Waals surface area contributed by atoms with Crippen molar-refractivity contribution >= 4 is 32.4 Å². The highest BCUT2D eigenvalue weighted by molar-refractivity contribution is 7.88. The topological polar surface area (TPSA) is 88.6 Å². The van der Waals surface area contributed by atoms with E-state index in [0.29, 0.717) is 31.2 Å². The summed E-state index contributed by atoms with van der Waals surface area (Å²) in [5.74, 6) is -0.182. The second kappa shape index (κ2) is 7.90. The number of fused-ring (bicyclic) bond motifs is 1. The van der Waals surface area contributed by atoms with E-state index >= 15 is 0 Å². The van der Waals surface area contributed by atoms with E-state index in [9.17, 15) is 13.2 Å². The van der Waals surface area contributed by atoms with Gasteiger partial charge in [0.1, 0.15) is 6.10 Å². The van der Waals surface area contributed by atoms with Crippen molar-refractivity contribution in [3.8, 4) is 0 Å². The largest absolute Gasteiger partial charge is 0.368 e. The lowest BCUT2D eigenvalue weighted by Gasteiger charge is -2.25. The number of aromatic nitrogens is 1.